The van der Waals surface area contributed by atoms with Gasteiger partial charge in [0.15, 0.2) is 6.04 Å². The van der Waals surface area contributed by atoms with Gasteiger partial charge in [-0.15, -0.1) is 10.2 Å². The summed E-state index contributed by atoms with van der Waals surface area (Å²) in [7, 11) is 0. The Hall–Kier alpha value is -2.50. The van der Waals surface area contributed by atoms with Crippen LogP contribution >= 0.6 is 0 Å². The van der Waals surface area contributed by atoms with Crippen LogP contribution in [-0.2, 0) is 6.54 Å². The van der Waals surface area contributed by atoms with Crippen LogP contribution in [0.2, 0.25) is 0 Å². The maximum atomic E-state index is 6.03. The molecule has 30 heavy (non-hydrogen) atoms. The topological polar surface area (TPSA) is 47.8 Å². The summed E-state index contributed by atoms with van der Waals surface area (Å²) in [6.07, 6.45) is 0. The second kappa shape index (κ2) is 9.11. The molecule has 1 aliphatic rings. The molecule has 1 fully saturated rings. The van der Waals surface area contributed by atoms with Crippen molar-refractivity contribution in [2.24, 2.45) is 0 Å². The molecule has 3 aromatic rings. The summed E-state index contributed by atoms with van der Waals surface area (Å²) >= 11 is 0. The molecule has 0 spiro atoms. The standard InChI is InChI=1S/C25H32N4O/c1-18(2)22-11-7-21(8-12-22)17-28-13-15-29(16-14-28)20(4)24-26-27-25(30-24)23-9-5-19(3)6-10-23/h5-12,18,20H,13-17H2,1-4H3/p+2/t20-/m0/s1. The van der Waals surface area contributed by atoms with Crippen LogP contribution in [0, 0.1) is 6.92 Å². The lowest BCUT2D eigenvalue weighted by Gasteiger charge is -2.32. The van der Waals surface area contributed by atoms with Gasteiger partial charge in [-0.1, -0.05) is 55.8 Å². The summed E-state index contributed by atoms with van der Waals surface area (Å²) in [5, 5.41) is 8.64. The number of benzene rings is 2. The van der Waals surface area contributed by atoms with Gasteiger partial charge in [0.1, 0.15) is 32.7 Å². The third-order valence-corrected chi connectivity index (χ3v) is 6.42. The van der Waals surface area contributed by atoms with E-state index < -0.39 is 0 Å². The summed E-state index contributed by atoms with van der Waals surface area (Å²) in [5.41, 5.74) is 5.07. The van der Waals surface area contributed by atoms with Gasteiger partial charge in [-0.3, -0.25) is 0 Å². The van der Waals surface area contributed by atoms with Crippen molar-refractivity contribution < 1.29 is 14.2 Å². The van der Waals surface area contributed by atoms with Crippen LogP contribution < -0.4 is 9.80 Å². The Bertz CT molecular complexity index is 938. The van der Waals surface area contributed by atoms with Crippen molar-refractivity contribution in [3.63, 3.8) is 0 Å². The Labute approximate surface area is 179 Å². The van der Waals surface area contributed by atoms with Gasteiger partial charge in [0, 0.05) is 11.1 Å². The maximum absolute atomic E-state index is 6.03. The number of aryl methyl sites for hydroxylation is 1. The largest absolute Gasteiger partial charge is 0.415 e. The number of hydrogen-bond acceptors (Lipinski definition) is 3. The minimum Gasteiger partial charge on any atom is -0.415 e. The second-order valence-electron chi connectivity index (χ2n) is 9.01. The van der Waals surface area contributed by atoms with Crippen LogP contribution in [0.15, 0.2) is 52.9 Å². The first-order chi connectivity index (χ1) is 14.5. The van der Waals surface area contributed by atoms with Crippen molar-refractivity contribution in [3.05, 3.63) is 71.1 Å². The van der Waals surface area contributed by atoms with E-state index in [1.54, 1.807) is 4.90 Å². The van der Waals surface area contributed by atoms with Crippen molar-refractivity contribution in [2.75, 3.05) is 26.2 Å². The highest BCUT2D eigenvalue weighted by molar-refractivity contribution is 5.52. The van der Waals surface area contributed by atoms with Crippen LogP contribution in [0.1, 0.15) is 55.3 Å². The lowest BCUT2D eigenvalue weighted by Crippen LogP contribution is -3.27. The molecule has 0 radical (unpaired) electrons. The molecule has 0 bridgehead atoms. The van der Waals surface area contributed by atoms with E-state index in [2.05, 4.69) is 74.3 Å². The van der Waals surface area contributed by atoms with E-state index in [1.807, 2.05) is 12.1 Å². The predicted molar refractivity (Wildman–Crippen MR) is 119 cm³/mol. The molecule has 5 heteroatoms. The first-order valence-corrected chi connectivity index (χ1v) is 11.2. The van der Waals surface area contributed by atoms with Crippen molar-refractivity contribution >= 4 is 0 Å². The smallest absolute Gasteiger partial charge is 0.274 e. The number of aromatic nitrogens is 2. The van der Waals surface area contributed by atoms with E-state index in [1.165, 1.54) is 34.7 Å². The number of quaternary nitrogens is 2. The Morgan fingerprint density at radius 1 is 0.867 bits per heavy atom. The van der Waals surface area contributed by atoms with E-state index >= 15 is 0 Å². The molecule has 2 aromatic carbocycles. The Kier molecular flexibility index (Phi) is 6.30. The van der Waals surface area contributed by atoms with Gasteiger partial charge >= 0.3 is 0 Å². The third kappa shape index (κ3) is 4.79. The Balaban J connectivity index is 1.32. The molecule has 0 unspecified atom stereocenters. The predicted octanol–water partition coefficient (Wildman–Crippen LogP) is 2.21. The lowest BCUT2D eigenvalue weighted by molar-refractivity contribution is -1.03. The average Bonchev–Trinajstić information content (AvgIpc) is 3.25. The number of piperazine rings is 1. The molecular weight excluding hydrogens is 372 g/mol. The number of nitrogens with zero attached hydrogens (tertiary/aromatic N) is 2. The van der Waals surface area contributed by atoms with E-state index in [4.69, 9.17) is 4.42 Å². The molecule has 4 rings (SSSR count). The zero-order valence-corrected chi connectivity index (χ0v) is 18.6. The summed E-state index contributed by atoms with van der Waals surface area (Å²) in [5.74, 6) is 1.95. The first-order valence-electron chi connectivity index (χ1n) is 11.2. The monoisotopic (exact) mass is 406 g/mol. The summed E-state index contributed by atoms with van der Waals surface area (Å²) in [4.78, 5) is 3.20. The first kappa shape index (κ1) is 20.8. The molecule has 0 amide bonds. The third-order valence-electron chi connectivity index (χ3n) is 6.42. The van der Waals surface area contributed by atoms with Gasteiger partial charge in [0.2, 0.25) is 5.89 Å². The van der Waals surface area contributed by atoms with Gasteiger partial charge < -0.3 is 14.2 Å². The lowest BCUT2D eigenvalue weighted by atomic mass is 10.0. The number of rotatable bonds is 6. The molecule has 2 heterocycles. The van der Waals surface area contributed by atoms with Gasteiger partial charge in [0.25, 0.3) is 5.89 Å². The van der Waals surface area contributed by atoms with Gasteiger partial charge in [0.05, 0.1) is 0 Å². The van der Waals surface area contributed by atoms with Crippen molar-refractivity contribution in [2.45, 2.75) is 46.2 Å². The molecule has 1 aromatic heterocycles. The van der Waals surface area contributed by atoms with Crippen LogP contribution in [0.25, 0.3) is 11.5 Å². The zero-order valence-electron chi connectivity index (χ0n) is 18.6. The van der Waals surface area contributed by atoms with Gasteiger partial charge in [-0.05, 0) is 37.5 Å². The van der Waals surface area contributed by atoms with Gasteiger partial charge in [-0.25, -0.2) is 0 Å². The second-order valence-corrected chi connectivity index (χ2v) is 9.01. The zero-order chi connectivity index (χ0) is 21.1. The van der Waals surface area contributed by atoms with Crippen LogP contribution in [0.3, 0.4) is 0 Å². The molecule has 1 saturated heterocycles. The number of nitrogens with one attached hydrogen (secondary N) is 2. The van der Waals surface area contributed by atoms with Crippen molar-refractivity contribution in [3.8, 4) is 11.5 Å². The Morgan fingerprint density at radius 2 is 1.53 bits per heavy atom. The van der Waals surface area contributed by atoms with Crippen LogP contribution in [0.4, 0.5) is 0 Å². The molecule has 0 saturated carbocycles. The fourth-order valence-electron chi connectivity index (χ4n) is 4.24. The summed E-state index contributed by atoms with van der Waals surface area (Å²) in [6, 6.07) is 17.6. The summed E-state index contributed by atoms with van der Waals surface area (Å²) in [6.45, 7) is 14.5. The normalized spacial score (nSPS) is 20.4. The average molecular weight is 407 g/mol. The molecule has 0 aliphatic carbocycles. The van der Waals surface area contributed by atoms with Crippen LogP contribution in [-0.4, -0.2) is 36.4 Å². The quantitative estimate of drug-likeness (QED) is 0.660. The molecule has 2 N–H and O–H groups in total. The molecular formula is C25H34N4O+2. The van der Waals surface area contributed by atoms with Crippen molar-refractivity contribution in [1.29, 1.82) is 0 Å². The van der Waals surface area contributed by atoms with E-state index in [0.29, 0.717) is 11.8 Å². The minimum absolute atomic E-state index is 0.226. The van der Waals surface area contributed by atoms with E-state index in [9.17, 15) is 0 Å². The SMILES string of the molecule is Cc1ccc(-c2nnc([C@H](C)[NH+]3CC[NH+](Cc4ccc(C(C)C)cc4)CC3)o2)cc1. The fourth-order valence-corrected chi connectivity index (χ4v) is 4.24. The van der Waals surface area contributed by atoms with Gasteiger partial charge in [-0.2, -0.15) is 0 Å². The molecule has 1 atom stereocenters. The van der Waals surface area contributed by atoms with E-state index in [-0.39, 0.29) is 6.04 Å². The highest BCUT2D eigenvalue weighted by Gasteiger charge is 2.31. The Morgan fingerprint density at radius 3 is 2.17 bits per heavy atom. The molecule has 1 aliphatic heterocycles. The highest BCUT2D eigenvalue weighted by atomic mass is 16.4. The maximum Gasteiger partial charge on any atom is 0.274 e. The van der Waals surface area contributed by atoms with Crippen molar-refractivity contribution in [1.82, 2.24) is 10.2 Å². The van der Waals surface area contributed by atoms with E-state index in [0.717, 1.165) is 31.1 Å². The molecule has 5 nitrogen and oxygen atoms in total. The molecule has 158 valence electrons. The van der Waals surface area contributed by atoms with Crippen LogP contribution in [0.5, 0.6) is 0 Å². The number of hydrogen-bond donors (Lipinski definition) is 2. The minimum atomic E-state index is 0.226. The highest BCUT2D eigenvalue weighted by Crippen LogP contribution is 2.20. The fraction of sp³-hybridized carbons (Fsp3) is 0.440. The summed E-state index contributed by atoms with van der Waals surface area (Å²) < 4.78 is 6.03.